The Morgan fingerprint density at radius 3 is 2.39 bits per heavy atom. The molecule has 4 rings (SSSR count). The van der Waals surface area contributed by atoms with Crippen LogP contribution in [0.25, 0.3) is 10.9 Å². The molecule has 0 saturated carbocycles. The molecule has 0 radical (unpaired) electrons. The van der Waals surface area contributed by atoms with Crippen LogP contribution in [0.3, 0.4) is 0 Å². The van der Waals surface area contributed by atoms with Crippen molar-refractivity contribution >= 4 is 38.7 Å². The summed E-state index contributed by atoms with van der Waals surface area (Å²) in [6.45, 7) is 1.29. The first kappa shape index (κ1) is 23.2. The van der Waals surface area contributed by atoms with Crippen molar-refractivity contribution in [3.63, 3.8) is 0 Å². The second kappa shape index (κ2) is 10.3. The number of benzene rings is 2. The van der Waals surface area contributed by atoms with Gasteiger partial charge in [-0.25, -0.2) is 4.98 Å². The zero-order valence-electron chi connectivity index (χ0n) is 18.8. The van der Waals surface area contributed by atoms with Crippen LogP contribution in [0.15, 0.2) is 59.1 Å². The van der Waals surface area contributed by atoms with E-state index in [1.165, 1.54) is 7.11 Å². The van der Waals surface area contributed by atoms with E-state index >= 15 is 0 Å². The maximum atomic E-state index is 13.8. The molecule has 33 heavy (non-hydrogen) atoms. The van der Waals surface area contributed by atoms with Gasteiger partial charge in [-0.1, -0.05) is 46.3 Å². The predicted octanol–water partition coefficient (Wildman–Crippen LogP) is 4.94. The van der Waals surface area contributed by atoms with Crippen LogP contribution < -0.4 is 4.74 Å². The maximum absolute atomic E-state index is 13.8. The highest BCUT2D eigenvalue weighted by atomic mass is 79.9. The minimum atomic E-state index is -1.05. The Morgan fingerprint density at radius 2 is 1.73 bits per heavy atom. The molecular weight excluding hydrogens is 484 g/mol. The van der Waals surface area contributed by atoms with Crippen molar-refractivity contribution < 1.29 is 19.1 Å². The molecule has 2 heterocycles. The Balaban J connectivity index is 1.92. The summed E-state index contributed by atoms with van der Waals surface area (Å²) in [4.78, 5) is 33.4. The molecule has 1 fully saturated rings. The van der Waals surface area contributed by atoms with Crippen LogP contribution in [0.2, 0.25) is 0 Å². The van der Waals surface area contributed by atoms with E-state index in [-0.39, 0.29) is 5.91 Å². The molecule has 2 atom stereocenters. The molecular formula is C26H27BrN2O4. The highest BCUT2D eigenvalue weighted by Crippen LogP contribution is 2.40. The number of methoxy groups -OCH3 is 2. The maximum Gasteiger partial charge on any atom is 0.319 e. The van der Waals surface area contributed by atoms with E-state index in [2.05, 4.69) is 15.9 Å². The largest absolute Gasteiger partial charge is 0.481 e. The van der Waals surface area contributed by atoms with Crippen molar-refractivity contribution in [3.8, 4) is 5.88 Å². The predicted molar refractivity (Wildman–Crippen MR) is 130 cm³/mol. The first-order chi connectivity index (χ1) is 16.0. The molecule has 1 aromatic heterocycles. The number of ether oxygens (including phenoxy) is 2. The van der Waals surface area contributed by atoms with Gasteiger partial charge in [0, 0.05) is 34.4 Å². The molecule has 0 spiro atoms. The molecule has 3 aromatic rings. The summed E-state index contributed by atoms with van der Waals surface area (Å²) in [6, 6.07) is 17.3. The molecule has 0 N–H and O–H groups in total. The second-order valence-corrected chi connectivity index (χ2v) is 9.11. The van der Waals surface area contributed by atoms with Gasteiger partial charge in [0.1, 0.15) is 5.92 Å². The Morgan fingerprint density at radius 1 is 1.00 bits per heavy atom. The molecule has 2 aromatic carbocycles. The van der Waals surface area contributed by atoms with Gasteiger partial charge in [-0.05, 0) is 49.1 Å². The number of carbonyl (C=O) groups excluding carboxylic acids is 2. The summed E-state index contributed by atoms with van der Waals surface area (Å²) in [7, 11) is 2.88. The fourth-order valence-corrected chi connectivity index (χ4v) is 4.94. The Kier molecular flexibility index (Phi) is 7.28. The summed E-state index contributed by atoms with van der Waals surface area (Å²) in [6.07, 6.45) is 2.96. The van der Waals surface area contributed by atoms with Crippen molar-refractivity contribution in [2.45, 2.75) is 25.2 Å². The van der Waals surface area contributed by atoms with Gasteiger partial charge >= 0.3 is 5.97 Å². The summed E-state index contributed by atoms with van der Waals surface area (Å²) >= 11 is 3.52. The molecule has 7 heteroatoms. The lowest BCUT2D eigenvalue weighted by atomic mass is 9.79. The summed E-state index contributed by atoms with van der Waals surface area (Å²) < 4.78 is 11.8. The number of carbonyl (C=O) groups is 2. The van der Waals surface area contributed by atoms with E-state index in [0.717, 1.165) is 40.2 Å². The monoisotopic (exact) mass is 510 g/mol. The lowest BCUT2D eigenvalue weighted by molar-refractivity contribution is -0.154. The number of amides is 1. The van der Waals surface area contributed by atoms with Crippen LogP contribution in [0.5, 0.6) is 5.88 Å². The number of likely N-dealkylation sites (tertiary alicyclic amines) is 1. The van der Waals surface area contributed by atoms with Crippen molar-refractivity contribution in [2.24, 2.45) is 5.92 Å². The SMILES string of the molecule is COC(=O)C(C(=O)N1CCCCC1)C(c1ccccc1)c1cc2cc(Br)ccc2nc1OC. The second-order valence-electron chi connectivity index (χ2n) is 8.20. The van der Waals surface area contributed by atoms with Crippen LogP contribution in [-0.4, -0.2) is 49.1 Å². The number of rotatable bonds is 6. The van der Waals surface area contributed by atoms with E-state index < -0.39 is 17.8 Å². The Hall–Kier alpha value is -2.93. The summed E-state index contributed by atoms with van der Waals surface area (Å²) in [5, 5.41) is 0.884. The number of hydrogen-bond acceptors (Lipinski definition) is 5. The molecule has 172 valence electrons. The zero-order chi connectivity index (χ0) is 23.4. The van der Waals surface area contributed by atoms with Gasteiger partial charge in [-0.3, -0.25) is 9.59 Å². The van der Waals surface area contributed by atoms with Gasteiger partial charge in [0.25, 0.3) is 0 Å². The number of nitrogens with zero attached hydrogens (tertiary/aromatic N) is 2. The number of pyridine rings is 1. The first-order valence-electron chi connectivity index (χ1n) is 11.1. The molecule has 1 amide bonds. The molecule has 1 aliphatic rings. The Labute approximate surface area is 202 Å². The van der Waals surface area contributed by atoms with Crippen LogP contribution in [0.1, 0.15) is 36.3 Å². The summed E-state index contributed by atoms with van der Waals surface area (Å²) in [5.41, 5.74) is 2.27. The highest BCUT2D eigenvalue weighted by molar-refractivity contribution is 9.10. The third-order valence-corrected chi connectivity index (χ3v) is 6.67. The molecule has 1 aliphatic heterocycles. The number of fused-ring (bicyclic) bond motifs is 1. The Bertz CT molecular complexity index is 1150. The van der Waals surface area contributed by atoms with Crippen molar-refractivity contribution in [1.29, 1.82) is 0 Å². The van der Waals surface area contributed by atoms with E-state index in [9.17, 15) is 9.59 Å². The van der Waals surface area contributed by atoms with E-state index in [1.54, 1.807) is 12.0 Å². The summed E-state index contributed by atoms with van der Waals surface area (Å²) in [5.74, 6) is -2.05. The number of aromatic nitrogens is 1. The molecule has 6 nitrogen and oxygen atoms in total. The first-order valence-corrected chi connectivity index (χ1v) is 11.9. The highest BCUT2D eigenvalue weighted by Gasteiger charge is 2.42. The standard InChI is InChI=1S/C26H27BrN2O4/c1-32-24-20(16-18-15-19(27)11-12-21(18)28-24)22(17-9-5-3-6-10-17)23(26(31)33-2)25(30)29-13-7-4-8-14-29/h3,5-6,9-12,15-16,22-23H,4,7-8,13-14H2,1-2H3. The van der Waals surface area contributed by atoms with Gasteiger partial charge < -0.3 is 14.4 Å². The van der Waals surface area contributed by atoms with Gasteiger partial charge in [-0.15, -0.1) is 0 Å². The van der Waals surface area contributed by atoms with E-state index in [0.29, 0.717) is 24.5 Å². The third-order valence-electron chi connectivity index (χ3n) is 6.18. The van der Waals surface area contributed by atoms with Crippen LogP contribution in [0.4, 0.5) is 0 Å². The van der Waals surface area contributed by atoms with E-state index in [4.69, 9.17) is 14.5 Å². The quantitative estimate of drug-likeness (QED) is 0.347. The normalized spacial score (nSPS) is 15.7. The van der Waals surface area contributed by atoms with Crippen molar-refractivity contribution in [2.75, 3.05) is 27.3 Å². The number of piperidine rings is 1. The van der Waals surface area contributed by atoms with Crippen molar-refractivity contribution in [3.05, 3.63) is 70.2 Å². The fourth-order valence-electron chi connectivity index (χ4n) is 4.56. The third kappa shape index (κ3) is 4.88. The zero-order valence-corrected chi connectivity index (χ0v) is 20.4. The molecule has 0 bridgehead atoms. The lowest BCUT2D eigenvalue weighted by Gasteiger charge is -2.33. The smallest absolute Gasteiger partial charge is 0.319 e. The lowest BCUT2D eigenvalue weighted by Crippen LogP contribution is -2.45. The van der Waals surface area contributed by atoms with Gasteiger partial charge in [0.05, 0.1) is 19.7 Å². The molecule has 0 aliphatic carbocycles. The molecule has 2 unspecified atom stereocenters. The minimum Gasteiger partial charge on any atom is -0.481 e. The average molecular weight is 511 g/mol. The van der Waals surface area contributed by atoms with Crippen molar-refractivity contribution in [1.82, 2.24) is 9.88 Å². The molecule has 1 saturated heterocycles. The number of esters is 1. The fraction of sp³-hybridized carbons (Fsp3) is 0.346. The van der Waals surface area contributed by atoms with Gasteiger partial charge in [-0.2, -0.15) is 0 Å². The van der Waals surface area contributed by atoms with Gasteiger partial charge in [0.15, 0.2) is 0 Å². The topological polar surface area (TPSA) is 68.7 Å². The van der Waals surface area contributed by atoms with Gasteiger partial charge in [0.2, 0.25) is 11.8 Å². The number of halogens is 1. The van der Waals surface area contributed by atoms with Crippen LogP contribution in [0, 0.1) is 5.92 Å². The minimum absolute atomic E-state index is 0.216. The van der Waals surface area contributed by atoms with Crippen LogP contribution in [-0.2, 0) is 14.3 Å². The average Bonchev–Trinajstić information content (AvgIpc) is 2.86. The van der Waals surface area contributed by atoms with E-state index in [1.807, 2.05) is 54.6 Å². The van der Waals surface area contributed by atoms with Crippen LogP contribution >= 0.6 is 15.9 Å². The number of hydrogen-bond donors (Lipinski definition) is 0.